The van der Waals surface area contributed by atoms with Crippen molar-refractivity contribution < 1.29 is 42.9 Å². The minimum atomic E-state index is -1.51. The Balaban J connectivity index is 4.03. The second kappa shape index (κ2) is 62.3. The van der Waals surface area contributed by atoms with Gasteiger partial charge in [-0.15, -0.1) is 0 Å². The van der Waals surface area contributed by atoms with Crippen molar-refractivity contribution in [1.29, 1.82) is 0 Å². The second-order valence-corrected chi connectivity index (χ2v) is 24.5. The summed E-state index contributed by atoms with van der Waals surface area (Å²) in [5, 5.41) is 9.73. The number of hydrogen-bond acceptors (Lipinski definition) is 7. The van der Waals surface area contributed by atoms with Gasteiger partial charge in [0, 0.05) is 12.8 Å². The van der Waals surface area contributed by atoms with Gasteiger partial charge in [0.2, 0.25) is 0 Å². The molecule has 0 fully saturated rings. The van der Waals surface area contributed by atoms with Crippen molar-refractivity contribution in [1.82, 2.24) is 0 Å². The first-order valence-corrected chi connectivity index (χ1v) is 34.3. The molecular weight excluding hydrogens is 995 g/mol. The van der Waals surface area contributed by atoms with Crippen LogP contribution in [-0.4, -0.2) is 87.4 Å². The maximum atomic E-state index is 12.9. The highest BCUT2D eigenvalue weighted by atomic mass is 16.7. The molecule has 0 aromatic rings. The Kier molecular flexibility index (Phi) is 60.2. The van der Waals surface area contributed by atoms with Crippen molar-refractivity contribution >= 4 is 17.9 Å². The Morgan fingerprint density at radius 2 is 0.713 bits per heavy atom. The highest BCUT2D eigenvalue weighted by molar-refractivity contribution is 5.71. The van der Waals surface area contributed by atoms with E-state index in [1.807, 2.05) is 21.1 Å². The first-order chi connectivity index (χ1) is 39.1. The molecule has 0 radical (unpaired) electrons. The van der Waals surface area contributed by atoms with Crippen LogP contribution >= 0.6 is 0 Å². The maximum Gasteiger partial charge on any atom is 0.361 e. The van der Waals surface area contributed by atoms with Crippen LogP contribution in [0.15, 0.2) is 48.6 Å². The fourth-order valence-electron chi connectivity index (χ4n) is 10.1. The lowest BCUT2D eigenvalue weighted by molar-refractivity contribution is -0.870. The number of likely N-dealkylation sites (N-methyl/N-ethyl adjacent to an activating group) is 1. The van der Waals surface area contributed by atoms with Crippen molar-refractivity contribution in [2.45, 2.75) is 341 Å². The topological polar surface area (TPSA) is 108 Å². The van der Waals surface area contributed by atoms with Crippen LogP contribution in [-0.2, 0) is 33.3 Å². The lowest BCUT2D eigenvalue weighted by atomic mass is 10.0. The summed E-state index contributed by atoms with van der Waals surface area (Å²) in [6.07, 6.45) is 76.6. The molecule has 9 nitrogen and oxygen atoms in total. The molecule has 2 atom stereocenters. The number of carbonyl (C=O) groups is 3. The van der Waals surface area contributed by atoms with Gasteiger partial charge in [0.05, 0.1) is 34.4 Å². The molecule has 0 aliphatic heterocycles. The zero-order valence-corrected chi connectivity index (χ0v) is 53.5. The average molecular weight is 1130 g/mol. The van der Waals surface area contributed by atoms with E-state index in [0.717, 1.165) is 70.6 Å². The fraction of sp³-hybridized carbons (Fsp3) is 0.845. The number of carboxylic acids is 1. The van der Waals surface area contributed by atoms with E-state index in [1.54, 1.807) is 0 Å². The van der Waals surface area contributed by atoms with Crippen LogP contribution < -0.4 is 0 Å². The Hall–Kier alpha value is -2.75. The summed E-state index contributed by atoms with van der Waals surface area (Å²) >= 11 is 0. The van der Waals surface area contributed by atoms with Gasteiger partial charge >= 0.3 is 17.9 Å². The molecule has 0 aliphatic rings. The number of ether oxygens (including phenoxy) is 4. The molecule has 1 N–H and O–H groups in total. The summed E-state index contributed by atoms with van der Waals surface area (Å²) in [6.45, 7) is 4.81. The van der Waals surface area contributed by atoms with E-state index in [0.29, 0.717) is 23.9 Å². The van der Waals surface area contributed by atoms with Crippen LogP contribution in [0.5, 0.6) is 0 Å². The number of allylic oxidation sites excluding steroid dienone is 8. The van der Waals surface area contributed by atoms with E-state index in [2.05, 4.69) is 62.5 Å². The Morgan fingerprint density at radius 1 is 0.388 bits per heavy atom. The molecule has 468 valence electrons. The minimum Gasteiger partial charge on any atom is -0.477 e. The third-order valence-electron chi connectivity index (χ3n) is 15.3. The van der Waals surface area contributed by atoms with E-state index >= 15 is 0 Å². The van der Waals surface area contributed by atoms with Gasteiger partial charge in [-0.25, -0.2) is 4.79 Å². The van der Waals surface area contributed by atoms with Crippen LogP contribution in [0.25, 0.3) is 0 Å². The lowest BCUT2D eigenvalue weighted by Crippen LogP contribution is -2.40. The molecule has 0 aromatic carbocycles. The zero-order chi connectivity index (χ0) is 58.3. The molecule has 9 heteroatoms. The molecule has 0 saturated heterocycles. The zero-order valence-electron chi connectivity index (χ0n) is 53.5. The van der Waals surface area contributed by atoms with Gasteiger partial charge in [-0.1, -0.05) is 313 Å². The van der Waals surface area contributed by atoms with E-state index < -0.39 is 24.3 Å². The average Bonchev–Trinajstić information content (AvgIpc) is 3.43. The second-order valence-electron chi connectivity index (χ2n) is 24.5. The van der Waals surface area contributed by atoms with Crippen LogP contribution in [0.4, 0.5) is 0 Å². The number of quaternary nitrogens is 1. The van der Waals surface area contributed by atoms with Gasteiger partial charge in [0.1, 0.15) is 13.2 Å². The number of nitrogens with zero attached hydrogens (tertiary/aromatic N) is 1. The third-order valence-corrected chi connectivity index (χ3v) is 15.3. The molecule has 0 bridgehead atoms. The van der Waals surface area contributed by atoms with Crippen molar-refractivity contribution in [2.24, 2.45) is 0 Å². The Morgan fingerprint density at radius 3 is 1.06 bits per heavy atom. The SMILES string of the molecule is CC/C=C\C/C=C\C/C=C\C/C=C\CCCCCCCCCCC(=O)OC(COC(=O)CCCCCCCCCCCCCCCCCCCCCCCCCCCCCCCCCCCC)COC(OCC[N+](C)(C)C)C(=O)O. The maximum absolute atomic E-state index is 12.9. The van der Waals surface area contributed by atoms with E-state index in [9.17, 15) is 19.5 Å². The molecule has 2 unspecified atom stereocenters. The molecular formula is C71H132NO8+. The van der Waals surface area contributed by atoms with Gasteiger partial charge < -0.3 is 28.5 Å². The van der Waals surface area contributed by atoms with Gasteiger partial charge in [0.25, 0.3) is 6.29 Å². The molecule has 0 rings (SSSR count). The summed E-state index contributed by atoms with van der Waals surface area (Å²) in [5.41, 5.74) is 0. The first kappa shape index (κ1) is 77.2. The van der Waals surface area contributed by atoms with Gasteiger partial charge in [-0.3, -0.25) is 9.59 Å². The molecule has 0 aliphatic carbocycles. The number of esters is 2. The number of hydrogen-bond donors (Lipinski definition) is 1. The summed E-state index contributed by atoms with van der Waals surface area (Å²) in [7, 11) is 5.98. The van der Waals surface area contributed by atoms with Crippen molar-refractivity contribution in [2.75, 3.05) is 47.5 Å². The van der Waals surface area contributed by atoms with E-state index in [1.165, 1.54) is 225 Å². The smallest absolute Gasteiger partial charge is 0.361 e. The number of aliphatic carboxylic acids is 1. The molecule has 0 spiro atoms. The Bertz CT molecular complexity index is 1450. The van der Waals surface area contributed by atoms with Gasteiger partial charge in [0.15, 0.2) is 6.10 Å². The summed E-state index contributed by atoms with van der Waals surface area (Å²) in [6, 6.07) is 0. The highest BCUT2D eigenvalue weighted by Gasteiger charge is 2.25. The number of unbranched alkanes of at least 4 members (excludes halogenated alkanes) is 41. The van der Waals surface area contributed by atoms with Gasteiger partial charge in [-0.2, -0.15) is 0 Å². The minimum absolute atomic E-state index is 0.183. The summed E-state index contributed by atoms with van der Waals surface area (Å²) < 4.78 is 23.0. The first-order valence-electron chi connectivity index (χ1n) is 34.3. The fourth-order valence-corrected chi connectivity index (χ4v) is 10.1. The third kappa shape index (κ3) is 62.8. The largest absolute Gasteiger partial charge is 0.477 e. The highest BCUT2D eigenvalue weighted by Crippen LogP contribution is 2.19. The van der Waals surface area contributed by atoms with Crippen LogP contribution in [0.1, 0.15) is 328 Å². The molecule has 0 saturated carbocycles. The standard InChI is InChI=1S/C71H131NO8/c1-6-8-10-12-14-16-18-20-22-24-26-28-29-30-31-32-33-34-35-36-37-38-39-40-42-43-45-47-49-51-53-55-57-59-61-68(73)78-65-67(66-79-71(70(75)76)77-64-63-72(3,4)5)80-69(74)62-60-58-56-54-52-50-48-46-44-41-27-25-23-21-19-17-15-13-11-9-7-2/h9,11,15,17,21,23,27,41,67,71H,6-8,10,12-14,16,18-20,22,24-26,28-40,42-66H2,1-5H3/p+1/b11-9-,17-15-,23-21-,41-27-. The van der Waals surface area contributed by atoms with E-state index in [4.69, 9.17) is 18.9 Å². The summed E-state index contributed by atoms with van der Waals surface area (Å²) in [5.74, 6) is -2.00. The monoisotopic (exact) mass is 1130 g/mol. The van der Waals surface area contributed by atoms with Crippen LogP contribution in [0, 0.1) is 0 Å². The number of carboxylic acid groups (broad SMARTS) is 1. The van der Waals surface area contributed by atoms with Crippen LogP contribution in [0.3, 0.4) is 0 Å². The van der Waals surface area contributed by atoms with Crippen molar-refractivity contribution in [3.63, 3.8) is 0 Å². The molecule has 0 aromatic heterocycles. The van der Waals surface area contributed by atoms with Crippen molar-refractivity contribution in [3.8, 4) is 0 Å². The Labute approximate surface area is 495 Å². The summed E-state index contributed by atoms with van der Waals surface area (Å²) in [4.78, 5) is 37.6. The number of rotatable bonds is 64. The van der Waals surface area contributed by atoms with Crippen molar-refractivity contribution in [3.05, 3.63) is 48.6 Å². The van der Waals surface area contributed by atoms with Gasteiger partial charge in [-0.05, 0) is 51.4 Å². The quantitative estimate of drug-likeness (QED) is 0.0211. The number of carbonyl (C=O) groups excluding carboxylic acids is 2. The molecule has 80 heavy (non-hydrogen) atoms. The lowest BCUT2D eigenvalue weighted by Gasteiger charge is -2.25. The normalized spacial score (nSPS) is 13.0. The van der Waals surface area contributed by atoms with Crippen LogP contribution in [0.2, 0.25) is 0 Å². The predicted octanol–water partition coefficient (Wildman–Crippen LogP) is 21.0. The molecule has 0 heterocycles. The molecule has 0 amide bonds. The predicted molar refractivity (Wildman–Crippen MR) is 341 cm³/mol. The van der Waals surface area contributed by atoms with E-state index in [-0.39, 0.29) is 32.2 Å².